The number of nitrogens with one attached hydrogen (secondary N) is 1. The second-order valence-corrected chi connectivity index (χ2v) is 8.37. The number of hydrogen-bond acceptors (Lipinski definition) is 4. The zero-order valence-corrected chi connectivity index (χ0v) is 18.3. The average Bonchev–Trinajstić information content (AvgIpc) is 3.27. The Labute approximate surface area is 192 Å². The molecule has 1 N–H and O–H groups in total. The van der Waals surface area contributed by atoms with E-state index in [1.165, 1.54) is 17.7 Å². The number of aryl methyl sites for hydroxylation is 1. The third-order valence-corrected chi connectivity index (χ3v) is 6.27. The summed E-state index contributed by atoms with van der Waals surface area (Å²) in [7, 11) is 0. The van der Waals surface area contributed by atoms with E-state index in [-0.39, 0.29) is 5.82 Å². The molecule has 0 amide bonds. The molecule has 0 saturated carbocycles. The van der Waals surface area contributed by atoms with Crippen LogP contribution in [0.2, 0.25) is 0 Å². The third-order valence-electron chi connectivity index (χ3n) is 6.27. The molecule has 4 aromatic rings. The number of piperazine rings is 1. The second-order valence-electron chi connectivity index (χ2n) is 8.37. The number of aromatic amines is 1. The van der Waals surface area contributed by atoms with Crippen molar-refractivity contribution in [2.24, 2.45) is 0 Å². The summed E-state index contributed by atoms with van der Waals surface area (Å²) < 4.78 is 13.1. The number of anilines is 1. The van der Waals surface area contributed by atoms with Gasteiger partial charge in [0.15, 0.2) is 5.69 Å². The van der Waals surface area contributed by atoms with Crippen LogP contribution in [0.1, 0.15) is 12.0 Å². The molecular weight excluding hydrogens is 415 g/mol. The van der Waals surface area contributed by atoms with E-state index in [1.54, 1.807) is 12.1 Å². The van der Waals surface area contributed by atoms with Gasteiger partial charge >= 0.3 is 0 Å². The number of rotatable bonds is 6. The van der Waals surface area contributed by atoms with Crippen molar-refractivity contribution in [1.82, 2.24) is 19.9 Å². The largest absolute Gasteiger partial charge is 0.361 e. The molecular formula is C26H25FN6. The topological polar surface area (TPSA) is 52.4 Å². The third kappa shape index (κ3) is 4.71. The number of nitrogens with zero attached hydrogens (tertiary/aromatic N) is 5. The van der Waals surface area contributed by atoms with Crippen LogP contribution in [0.25, 0.3) is 26.9 Å². The molecule has 5 rings (SSSR count). The monoisotopic (exact) mass is 440 g/mol. The highest BCUT2D eigenvalue weighted by Crippen LogP contribution is 2.25. The minimum atomic E-state index is -0.246. The molecule has 0 spiro atoms. The van der Waals surface area contributed by atoms with Gasteiger partial charge in [-0.3, -0.25) is 4.90 Å². The van der Waals surface area contributed by atoms with E-state index in [1.807, 2.05) is 30.6 Å². The Morgan fingerprint density at radius 2 is 1.73 bits per heavy atom. The highest BCUT2D eigenvalue weighted by atomic mass is 19.1. The van der Waals surface area contributed by atoms with Crippen molar-refractivity contribution >= 4 is 22.5 Å². The van der Waals surface area contributed by atoms with E-state index in [0.29, 0.717) is 5.69 Å². The predicted octanol–water partition coefficient (Wildman–Crippen LogP) is 5.07. The summed E-state index contributed by atoms with van der Waals surface area (Å²) in [5.41, 5.74) is 4.86. The summed E-state index contributed by atoms with van der Waals surface area (Å²) in [5.74, 6) is 0.500. The first-order valence-electron chi connectivity index (χ1n) is 11.2. The van der Waals surface area contributed by atoms with Crippen LogP contribution in [0, 0.1) is 12.4 Å². The minimum absolute atomic E-state index is 0.246. The summed E-state index contributed by atoms with van der Waals surface area (Å²) in [5, 5.41) is 1.16. The SMILES string of the molecule is [C-]#[N+]c1ccc2[nH]cc(CCCN3CCN(c4ncc(-c5ccc(F)cc5)cn4)CC3)c2c1. The normalized spacial score (nSPS) is 14.5. The van der Waals surface area contributed by atoms with E-state index in [9.17, 15) is 4.39 Å². The Bertz CT molecular complexity index is 1270. The van der Waals surface area contributed by atoms with Crippen LogP contribution in [0.4, 0.5) is 16.0 Å². The molecule has 33 heavy (non-hydrogen) atoms. The van der Waals surface area contributed by atoms with Gasteiger partial charge in [0.05, 0.1) is 6.57 Å². The van der Waals surface area contributed by atoms with Crippen molar-refractivity contribution in [2.45, 2.75) is 12.8 Å². The van der Waals surface area contributed by atoms with Crippen LogP contribution in [0.3, 0.4) is 0 Å². The zero-order chi connectivity index (χ0) is 22.6. The molecule has 1 fully saturated rings. The number of hydrogen-bond donors (Lipinski definition) is 1. The van der Waals surface area contributed by atoms with Gasteiger partial charge < -0.3 is 9.88 Å². The molecule has 7 heteroatoms. The smallest absolute Gasteiger partial charge is 0.225 e. The van der Waals surface area contributed by atoms with Gasteiger partial charge in [-0.15, -0.1) is 0 Å². The van der Waals surface area contributed by atoms with E-state index < -0.39 is 0 Å². The highest BCUT2D eigenvalue weighted by Gasteiger charge is 2.19. The summed E-state index contributed by atoms with van der Waals surface area (Å²) in [6.07, 6.45) is 7.77. The van der Waals surface area contributed by atoms with Gasteiger partial charge in [0, 0.05) is 55.8 Å². The summed E-state index contributed by atoms with van der Waals surface area (Å²) >= 11 is 0. The fourth-order valence-corrected chi connectivity index (χ4v) is 4.38. The quantitative estimate of drug-likeness (QED) is 0.426. The fourth-order valence-electron chi connectivity index (χ4n) is 4.38. The maximum absolute atomic E-state index is 13.1. The number of halogens is 1. The molecule has 0 bridgehead atoms. The number of H-pyrrole nitrogens is 1. The Balaban J connectivity index is 1.12. The molecule has 0 aliphatic carbocycles. The van der Waals surface area contributed by atoms with Crippen molar-refractivity contribution in [3.8, 4) is 11.1 Å². The number of benzene rings is 2. The standard InChI is InChI=1S/C26H25FN6/c1-28-23-8-9-25-24(15-23)20(16-29-25)3-2-10-32-11-13-33(14-12-32)26-30-17-21(18-31-26)19-4-6-22(27)7-5-19/h4-9,15-18,29H,2-3,10-14H2. The van der Waals surface area contributed by atoms with Crippen molar-refractivity contribution in [3.05, 3.63) is 83.9 Å². The Morgan fingerprint density at radius 1 is 0.970 bits per heavy atom. The Hall–Kier alpha value is -3.76. The lowest BCUT2D eigenvalue weighted by Crippen LogP contribution is -2.47. The first kappa shape index (κ1) is 21.1. The first-order valence-corrected chi connectivity index (χ1v) is 11.2. The zero-order valence-electron chi connectivity index (χ0n) is 18.3. The number of fused-ring (bicyclic) bond motifs is 1. The van der Waals surface area contributed by atoms with E-state index in [4.69, 9.17) is 6.57 Å². The Morgan fingerprint density at radius 3 is 2.45 bits per heavy atom. The molecule has 6 nitrogen and oxygen atoms in total. The lowest BCUT2D eigenvalue weighted by molar-refractivity contribution is 0.254. The maximum Gasteiger partial charge on any atom is 0.225 e. The van der Waals surface area contributed by atoms with Crippen molar-refractivity contribution in [3.63, 3.8) is 0 Å². The van der Waals surface area contributed by atoms with E-state index >= 15 is 0 Å². The summed E-state index contributed by atoms with van der Waals surface area (Å²) in [4.78, 5) is 20.7. The Kier molecular flexibility index (Phi) is 6.01. The molecule has 2 aromatic carbocycles. The molecule has 166 valence electrons. The minimum Gasteiger partial charge on any atom is -0.361 e. The summed E-state index contributed by atoms with van der Waals surface area (Å²) in [6.45, 7) is 12.1. The van der Waals surface area contributed by atoms with Gasteiger partial charge in [-0.05, 0) is 60.2 Å². The van der Waals surface area contributed by atoms with E-state index in [0.717, 1.165) is 73.5 Å². The van der Waals surface area contributed by atoms with Gasteiger partial charge in [0.2, 0.25) is 5.95 Å². The summed E-state index contributed by atoms with van der Waals surface area (Å²) in [6, 6.07) is 12.2. The van der Waals surface area contributed by atoms with Gasteiger partial charge in [-0.2, -0.15) is 0 Å². The molecule has 1 saturated heterocycles. The molecule has 3 heterocycles. The van der Waals surface area contributed by atoms with Gasteiger partial charge in [-0.25, -0.2) is 19.2 Å². The lowest BCUT2D eigenvalue weighted by atomic mass is 10.1. The van der Waals surface area contributed by atoms with Gasteiger partial charge in [0.1, 0.15) is 5.82 Å². The molecule has 0 radical (unpaired) electrons. The predicted molar refractivity (Wildman–Crippen MR) is 129 cm³/mol. The average molecular weight is 441 g/mol. The number of aromatic nitrogens is 3. The maximum atomic E-state index is 13.1. The molecule has 1 aliphatic rings. The van der Waals surface area contributed by atoms with Crippen molar-refractivity contribution < 1.29 is 4.39 Å². The van der Waals surface area contributed by atoms with Crippen LogP contribution >= 0.6 is 0 Å². The first-order chi connectivity index (χ1) is 16.2. The molecule has 1 aliphatic heterocycles. The lowest BCUT2D eigenvalue weighted by Gasteiger charge is -2.34. The molecule has 0 unspecified atom stereocenters. The van der Waals surface area contributed by atoms with Gasteiger partial charge in [0.25, 0.3) is 0 Å². The van der Waals surface area contributed by atoms with Crippen LogP contribution in [0.5, 0.6) is 0 Å². The van der Waals surface area contributed by atoms with Crippen LogP contribution < -0.4 is 4.90 Å². The van der Waals surface area contributed by atoms with Crippen molar-refractivity contribution in [2.75, 3.05) is 37.6 Å². The van der Waals surface area contributed by atoms with Crippen LogP contribution in [0.15, 0.2) is 61.1 Å². The molecule has 2 aromatic heterocycles. The fraction of sp³-hybridized carbons (Fsp3) is 0.269. The van der Waals surface area contributed by atoms with Crippen molar-refractivity contribution in [1.29, 1.82) is 0 Å². The van der Waals surface area contributed by atoms with Crippen LogP contribution in [-0.2, 0) is 6.42 Å². The second kappa shape index (κ2) is 9.39. The van der Waals surface area contributed by atoms with Crippen LogP contribution in [-0.4, -0.2) is 52.6 Å². The van der Waals surface area contributed by atoms with Gasteiger partial charge in [-0.1, -0.05) is 18.2 Å². The van der Waals surface area contributed by atoms with E-state index in [2.05, 4.69) is 35.8 Å². The highest BCUT2D eigenvalue weighted by molar-refractivity contribution is 5.86. The molecule has 0 atom stereocenters.